The van der Waals surface area contributed by atoms with E-state index in [4.69, 9.17) is 0 Å². The summed E-state index contributed by atoms with van der Waals surface area (Å²) < 4.78 is 53.6. The zero-order valence-electron chi connectivity index (χ0n) is 14.3. The SMILES string of the molecule is CCN(CC)S(=O)(=O)c1cccc(S(=O)(=O)N2CCN[C@H](C)C2)c1. The first-order chi connectivity index (χ1) is 11.2. The lowest BCUT2D eigenvalue weighted by Crippen LogP contribution is -2.51. The summed E-state index contributed by atoms with van der Waals surface area (Å²) in [5.41, 5.74) is 0. The molecule has 0 aliphatic carbocycles. The minimum Gasteiger partial charge on any atom is -0.312 e. The van der Waals surface area contributed by atoms with Gasteiger partial charge in [-0.2, -0.15) is 8.61 Å². The number of rotatable bonds is 6. The molecular formula is C15H25N3O4S2. The molecule has 1 aromatic rings. The number of hydrogen-bond acceptors (Lipinski definition) is 5. The predicted molar refractivity (Wildman–Crippen MR) is 92.8 cm³/mol. The summed E-state index contributed by atoms with van der Waals surface area (Å²) in [6.45, 7) is 7.43. The van der Waals surface area contributed by atoms with E-state index in [0.717, 1.165) is 0 Å². The first kappa shape index (κ1) is 19.3. The summed E-state index contributed by atoms with van der Waals surface area (Å²) >= 11 is 0. The molecule has 0 amide bonds. The van der Waals surface area contributed by atoms with Gasteiger partial charge < -0.3 is 5.32 Å². The van der Waals surface area contributed by atoms with Crippen LogP contribution in [0.3, 0.4) is 0 Å². The topological polar surface area (TPSA) is 86.8 Å². The van der Waals surface area contributed by atoms with Crippen molar-refractivity contribution in [3.63, 3.8) is 0 Å². The third-order valence-electron chi connectivity index (χ3n) is 4.12. The van der Waals surface area contributed by atoms with E-state index in [1.165, 1.54) is 32.9 Å². The minimum absolute atomic E-state index is 0.00968. The lowest BCUT2D eigenvalue weighted by atomic mass is 10.3. The molecule has 0 bridgehead atoms. The Morgan fingerprint density at radius 1 is 1.17 bits per heavy atom. The standard InChI is InChI=1S/C15H25N3O4S2/c1-4-17(5-2)23(19,20)14-7-6-8-15(11-14)24(21,22)18-10-9-16-13(3)12-18/h6-8,11,13,16H,4-5,9-10,12H2,1-3H3/t13-/m1/s1. The Balaban J connectivity index is 2.40. The number of hydrogen-bond donors (Lipinski definition) is 1. The molecule has 136 valence electrons. The highest BCUT2D eigenvalue weighted by Gasteiger charge is 2.30. The van der Waals surface area contributed by atoms with Gasteiger partial charge in [-0.15, -0.1) is 0 Å². The van der Waals surface area contributed by atoms with E-state index < -0.39 is 20.0 Å². The number of nitrogens with one attached hydrogen (secondary N) is 1. The highest BCUT2D eigenvalue weighted by Crippen LogP contribution is 2.22. The van der Waals surface area contributed by atoms with Crippen molar-refractivity contribution >= 4 is 20.0 Å². The van der Waals surface area contributed by atoms with E-state index in [1.807, 2.05) is 6.92 Å². The van der Waals surface area contributed by atoms with Crippen molar-refractivity contribution in [2.75, 3.05) is 32.7 Å². The summed E-state index contributed by atoms with van der Waals surface area (Å²) in [7, 11) is -7.39. The van der Waals surface area contributed by atoms with Crippen LogP contribution in [0, 0.1) is 0 Å². The van der Waals surface area contributed by atoms with E-state index in [1.54, 1.807) is 13.8 Å². The molecule has 0 unspecified atom stereocenters. The Labute approximate surface area is 144 Å². The fourth-order valence-electron chi connectivity index (χ4n) is 2.77. The Hall–Kier alpha value is -1.00. The third kappa shape index (κ3) is 3.80. The van der Waals surface area contributed by atoms with Gasteiger partial charge >= 0.3 is 0 Å². The Morgan fingerprint density at radius 2 is 1.79 bits per heavy atom. The van der Waals surface area contributed by atoms with Crippen LogP contribution in [0.2, 0.25) is 0 Å². The van der Waals surface area contributed by atoms with Crippen LogP contribution in [0.4, 0.5) is 0 Å². The molecule has 1 aliphatic rings. The fourth-order valence-corrected chi connectivity index (χ4v) is 5.93. The Bertz CT molecular complexity index is 774. The molecule has 0 aromatic heterocycles. The summed E-state index contributed by atoms with van der Waals surface area (Å²) in [6.07, 6.45) is 0. The van der Waals surface area contributed by atoms with Crippen molar-refractivity contribution < 1.29 is 16.8 Å². The van der Waals surface area contributed by atoms with Crippen molar-refractivity contribution in [1.82, 2.24) is 13.9 Å². The first-order valence-electron chi connectivity index (χ1n) is 8.07. The molecule has 0 spiro atoms. The second-order valence-corrected chi connectivity index (χ2v) is 9.66. The number of sulfonamides is 2. The van der Waals surface area contributed by atoms with Crippen molar-refractivity contribution in [2.45, 2.75) is 36.6 Å². The van der Waals surface area contributed by atoms with E-state index in [-0.39, 0.29) is 15.8 Å². The molecule has 1 N–H and O–H groups in total. The van der Waals surface area contributed by atoms with Gasteiger partial charge in [0.05, 0.1) is 9.79 Å². The van der Waals surface area contributed by atoms with Crippen LogP contribution in [0.15, 0.2) is 34.1 Å². The summed E-state index contributed by atoms with van der Waals surface area (Å²) in [5, 5.41) is 3.19. The molecule has 0 saturated carbocycles. The van der Waals surface area contributed by atoms with Crippen molar-refractivity contribution in [1.29, 1.82) is 0 Å². The van der Waals surface area contributed by atoms with Gasteiger partial charge in [0, 0.05) is 38.8 Å². The molecule has 1 fully saturated rings. The van der Waals surface area contributed by atoms with Crippen LogP contribution in [-0.4, -0.2) is 64.2 Å². The van der Waals surface area contributed by atoms with Crippen molar-refractivity contribution in [3.05, 3.63) is 24.3 Å². The zero-order chi connectivity index (χ0) is 18.0. The molecule has 0 radical (unpaired) electrons. The molecule has 1 aliphatic heterocycles. The number of nitrogens with zero attached hydrogens (tertiary/aromatic N) is 2. The third-order valence-corrected chi connectivity index (χ3v) is 8.02. The van der Waals surface area contributed by atoms with Crippen LogP contribution in [-0.2, 0) is 20.0 Å². The van der Waals surface area contributed by atoms with E-state index in [0.29, 0.717) is 32.7 Å². The van der Waals surface area contributed by atoms with Crippen LogP contribution in [0.1, 0.15) is 20.8 Å². The van der Waals surface area contributed by atoms with Crippen molar-refractivity contribution in [2.24, 2.45) is 0 Å². The quantitative estimate of drug-likeness (QED) is 0.791. The minimum atomic E-state index is -3.71. The number of piperazine rings is 1. The average Bonchev–Trinajstić information content (AvgIpc) is 2.56. The monoisotopic (exact) mass is 375 g/mol. The summed E-state index contributed by atoms with van der Waals surface area (Å²) in [4.78, 5) is 0.0280. The zero-order valence-corrected chi connectivity index (χ0v) is 15.9. The average molecular weight is 376 g/mol. The first-order valence-corrected chi connectivity index (χ1v) is 10.9. The van der Waals surface area contributed by atoms with Gasteiger partial charge in [0.15, 0.2) is 0 Å². The van der Waals surface area contributed by atoms with Gasteiger partial charge in [-0.1, -0.05) is 19.9 Å². The maximum atomic E-state index is 12.8. The maximum Gasteiger partial charge on any atom is 0.243 e. The maximum absolute atomic E-state index is 12.8. The molecular weight excluding hydrogens is 350 g/mol. The molecule has 1 saturated heterocycles. The van der Waals surface area contributed by atoms with Gasteiger partial charge in [-0.3, -0.25) is 0 Å². The van der Waals surface area contributed by atoms with Crippen LogP contribution in [0.5, 0.6) is 0 Å². The molecule has 1 aromatic carbocycles. The van der Waals surface area contributed by atoms with Crippen LogP contribution in [0.25, 0.3) is 0 Å². The second-order valence-electron chi connectivity index (χ2n) is 5.78. The van der Waals surface area contributed by atoms with Gasteiger partial charge in [0.2, 0.25) is 20.0 Å². The molecule has 24 heavy (non-hydrogen) atoms. The van der Waals surface area contributed by atoms with E-state index >= 15 is 0 Å². The highest BCUT2D eigenvalue weighted by atomic mass is 32.2. The van der Waals surface area contributed by atoms with Crippen LogP contribution < -0.4 is 5.32 Å². The highest BCUT2D eigenvalue weighted by molar-refractivity contribution is 7.90. The fraction of sp³-hybridized carbons (Fsp3) is 0.600. The Morgan fingerprint density at radius 3 is 2.38 bits per heavy atom. The molecule has 2 rings (SSSR count). The van der Waals surface area contributed by atoms with Gasteiger partial charge in [-0.05, 0) is 25.1 Å². The predicted octanol–water partition coefficient (Wildman–Crippen LogP) is 0.700. The van der Waals surface area contributed by atoms with Gasteiger partial charge in [0.1, 0.15) is 0 Å². The summed E-state index contributed by atoms with van der Waals surface area (Å²) in [6, 6.07) is 5.69. The largest absolute Gasteiger partial charge is 0.312 e. The molecule has 7 nitrogen and oxygen atoms in total. The lowest BCUT2D eigenvalue weighted by Gasteiger charge is -2.31. The van der Waals surface area contributed by atoms with E-state index in [2.05, 4.69) is 5.32 Å². The van der Waals surface area contributed by atoms with E-state index in [9.17, 15) is 16.8 Å². The molecule has 9 heteroatoms. The smallest absolute Gasteiger partial charge is 0.243 e. The van der Waals surface area contributed by atoms with Gasteiger partial charge in [-0.25, -0.2) is 16.8 Å². The van der Waals surface area contributed by atoms with Crippen molar-refractivity contribution in [3.8, 4) is 0 Å². The molecule has 1 heterocycles. The van der Waals surface area contributed by atoms with Crippen LogP contribution >= 0.6 is 0 Å². The Kier molecular flexibility index (Phi) is 6.03. The van der Waals surface area contributed by atoms with Gasteiger partial charge in [0.25, 0.3) is 0 Å². The normalized spacial score (nSPS) is 20.4. The molecule has 1 atom stereocenters. The second kappa shape index (κ2) is 7.49. The lowest BCUT2D eigenvalue weighted by molar-refractivity contribution is 0.310. The number of benzene rings is 1. The summed E-state index contributed by atoms with van der Waals surface area (Å²) in [5.74, 6) is 0.